The fourth-order valence-corrected chi connectivity index (χ4v) is 4.25. The summed E-state index contributed by atoms with van der Waals surface area (Å²) in [6.07, 6.45) is 1.48. The number of fused-ring (bicyclic) bond motifs is 1. The first-order valence-electron chi connectivity index (χ1n) is 4.29. The predicted octanol–water partition coefficient (Wildman–Crippen LogP) is 2.35. The molecule has 16 heavy (non-hydrogen) atoms. The molecule has 0 atom stereocenters. The maximum absolute atomic E-state index is 10.8. The first kappa shape index (κ1) is 12.1. The SMILES string of the molecule is O=S(=O)(Cl)CCSc1ncnc2sccc12. The second kappa shape index (κ2) is 4.87. The third-order valence-electron chi connectivity index (χ3n) is 1.79. The van der Waals surface area contributed by atoms with Gasteiger partial charge >= 0.3 is 0 Å². The number of nitrogens with zero attached hydrogens (tertiary/aromatic N) is 2. The average molecular weight is 295 g/mol. The summed E-state index contributed by atoms with van der Waals surface area (Å²) in [4.78, 5) is 9.14. The van der Waals surface area contributed by atoms with Crippen LogP contribution in [-0.4, -0.2) is 29.9 Å². The van der Waals surface area contributed by atoms with Crippen molar-refractivity contribution in [3.05, 3.63) is 17.8 Å². The van der Waals surface area contributed by atoms with Gasteiger partial charge in [-0.1, -0.05) is 0 Å². The molecule has 2 heterocycles. The number of rotatable bonds is 4. The van der Waals surface area contributed by atoms with E-state index in [1.807, 2.05) is 11.4 Å². The lowest BCUT2D eigenvalue weighted by atomic mass is 10.4. The molecule has 0 bridgehead atoms. The molecule has 0 radical (unpaired) electrons. The Labute approximate surface area is 105 Å². The third kappa shape index (κ3) is 3.07. The molecular formula is C8H7ClN2O2S3. The van der Waals surface area contributed by atoms with E-state index in [9.17, 15) is 8.42 Å². The van der Waals surface area contributed by atoms with Gasteiger partial charge in [-0.25, -0.2) is 18.4 Å². The Morgan fingerprint density at radius 3 is 3.00 bits per heavy atom. The average Bonchev–Trinajstić information content (AvgIpc) is 2.64. The standard InChI is InChI=1S/C8H7ClN2O2S3/c9-16(12,13)4-3-15-8-6-1-2-14-7(6)10-5-11-8/h1-2,5H,3-4H2. The molecule has 86 valence electrons. The van der Waals surface area contributed by atoms with Gasteiger partial charge in [0.05, 0.1) is 5.75 Å². The van der Waals surface area contributed by atoms with Crippen molar-refractivity contribution in [2.45, 2.75) is 5.03 Å². The van der Waals surface area contributed by atoms with Crippen LogP contribution < -0.4 is 0 Å². The Bertz CT molecular complexity index is 596. The molecule has 0 saturated heterocycles. The number of thiophene rings is 1. The molecule has 2 aromatic rings. The van der Waals surface area contributed by atoms with E-state index in [1.165, 1.54) is 29.4 Å². The molecule has 0 N–H and O–H groups in total. The van der Waals surface area contributed by atoms with Crippen LogP contribution in [0.25, 0.3) is 10.2 Å². The molecule has 0 aliphatic carbocycles. The van der Waals surface area contributed by atoms with Crippen LogP contribution in [-0.2, 0) is 9.05 Å². The van der Waals surface area contributed by atoms with Crippen LogP contribution in [0.5, 0.6) is 0 Å². The van der Waals surface area contributed by atoms with E-state index in [2.05, 4.69) is 9.97 Å². The molecule has 0 saturated carbocycles. The minimum Gasteiger partial charge on any atom is -0.229 e. The van der Waals surface area contributed by atoms with Crippen molar-refractivity contribution in [2.24, 2.45) is 0 Å². The van der Waals surface area contributed by atoms with E-state index in [0.717, 1.165) is 15.2 Å². The molecule has 8 heteroatoms. The zero-order valence-electron chi connectivity index (χ0n) is 7.96. The second-order valence-corrected chi connectivity index (χ2v) is 7.78. The summed E-state index contributed by atoms with van der Waals surface area (Å²) in [6.45, 7) is 0. The van der Waals surface area contributed by atoms with Gasteiger partial charge in [-0.05, 0) is 11.4 Å². The van der Waals surface area contributed by atoms with Crippen LogP contribution in [0.3, 0.4) is 0 Å². The largest absolute Gasteiger partial charge is 0.233 e. The monoisotopic (exact) mass is 294 g/mol. The van der Waals surface area contributed by atoms with Crippen molar-refractivity contribution < 1.29 is 8.42 Å². The number of thioether (sulfide) groups is 1. The third-order valence-corrected chi connectivity index (χ3v) is 5.03. The highest BCUT2D eigenvalue weighted by Crippen LogP contribution is 2.27. The lowest BCUT2D eigenvalue weighted by molar-refractivity contribution is 0.611. The lowest BCUT2D eigenvalue weighted by Gasteiger charge is -1.99. The quantitative estimate of drug-likeness (QED) is 0.492. The van der Waals surface area contributed by atoms with Gasteiger partial charge in [-0.15, -0.1) is 23.1 Å². The lowest BCUT2D eigenvalue weighted by Crippen LogP contribution is -2.00. The molecule has 2 aromatic heterocycles. The molecule has 0 aromatic carbocycles. The van der Waals surface area contributed by atoms with Gasteiger partial charge in [0.2, 0.25) is 9.05 Å². The molecular weight excluding hydrogens is 288 g/mol. The molecule has 0 spiro atoms. The highest BCUT2D eigenvalue weighted by molar-refractivity contribution is 8.14. The van der Waals surface area contributed by atoms with Crippen LogP contribution >= 0.6 is 33.8 Å². The van der Waals surface area contributed by atoms with Crippen molar-refractivity contribution in [1.82, 2.24) is 9.97 Å². The first-order valence-corrected chi connectivity index (χ1v) is 8.64. The van der Waals surface area contributed by atoms with Crippen LogP contribution in [0.2, 0.25) is 0 Å². The molecule has 4 nitrogen and oxygen atoms in total. The van der Waals surface area contributed by atoms with Gasteiger partial charge in [0.1, 0.15) is 16.2 Å². The minimum atomic E-state index is -3.42. The topological polar surface area (TPSA) is 59.9 Å². The summed E-state index contributed by atoms with van der Waals surface area (Å²) in [5, 5.41) is 3.69. The fourth-order valence-electron chi connectivity index (χ4n) is 1.12. The van der Waals surface area contributed by atoms with Crippen LogP contribution in [0.15, 0.2) is 22.8 Å². The molecule has 0 aliphatic rings. The van der Waals surface area contributed by atoms with E-state index < -0.39 is 9.05 Å². The van der Waals surface area contributed by atoms with Crippen molar-refractivity contribution in [3.8, 4) is 0 Å². The minimum absolute atomic E-state index is 0.0607. The predicted molar refractivity (Wildman–Crippen MR) is 67.8 cm³/mol. The van der Waals surface area contributed by atoms with Gasteiger partial charge in [0.25, 0.3) is 0 Å². The van der Waals surface area contributed by atoms with Gasteiger partial charge < -0.3 is 0 Å². The highest BCUT2D eigenvalue weighted by atomic mass is 35.7. The number of hydrogen-bond donors (Lipinski definition) is 0. The van der Waals surface area contributed by atoms with E-state index in [0.29, 0.717) is 5.75 Å². The van der Waals surface area contributed by atoms with E-state index in [1.54, 1.807) is 0 Å². The first-order chi connectivity index (χ1) is 7.56. The highest BCUT2D eigenvalue weighted by Gasteiger charge is 2.08. The van der Waals surface area contributed by atoms with Crippen LogP contribution in [0, 0.1) is 0 Å². The summed E-state index contributed by atoms with van der Waals surface area (Å²) in [5.41, 5.74) is 0. The van der Waals surface area contributed by atoms with Crippen LogP contribution in [0.4, 0.5) is 0 Å². The Balaban J connectivity index is 2.12. The van der Waals surface area contributed by atoms with Crippen molar-refractivity contribution in [2.75, 3.05) is 11.5 Å². The van der Waals surface area contributed by atoms with Crippen molar-refractivity contribution in [3.63, 3.8) is 0 Å². The molecule has 2 rings (SSSR count). The summed E-state index contributed by atoms with van der Waals surface area (Å²) in [5.74, 6) is 0.336. The Hall–Kier alpha value is -0.370. The van der Waals surface area contributed by atoms with Gasteiger partial charge in [-0.2, -0.15) is 0 Å². The smallest absolute Gasteiger partial charge is 0.229 e. The van der Waals surface area contributed by atoms with Crippen molar-refractivity contribution in [1.29, 1.82) is 0 Å². The molecule has 0 amide bonds. The van der Waals surface area contributed by atoms with Crippen LogP contribution in [0.1, 0.15) is 0 Å². The molecule has 0 fully saturated rings. The van der Waals surface area contributed by atoms with Gasteiger partial charge in [-0.3, -0.25) is 0 Å². The maximum Gasteiger partial charge on any atom is 0.233 e. The molecule has 0 unspecified atom stereocenters. The summed E-state index contributed by atoms with van der Waals surface area (Å²) >= 11 is 2.91. The van der Waals surface area contributed by atoms with Gasteiger partial charge in [0.15, 0.2) is 0 Å². The zero-order valence-corrected chi connectivity index (χ0v) is 11.2. The van der Waals surface area contributed by atoms with E-state index >= 15 is 0 Å². The maximum atomic E-state index is 10.8. The number of halogens is 1. The van der Waals surface area contributed by atoms with Crippen molar-refractivity contribution >= 4 is 53.0 Å². The van der Waals surface area contributed by atoms with E-state index in [-0.39, 0.29) is 5.75 Å². The Morgan fingerprint density at radius 2 is 2.25 bits per heavy atom. The normalized spacial score (nSPS) is 12.1. The second-order valence-electron chi connectivity index (χ2n) is 2.91. The summed E-state index contributed by atoms with van der Waals surface area (Å²) in [7, 11) is 1.70. The molecule has 0 aliphatic heterocycles. The Morgan fingerprint density at radius 1 is 1.44 bits per heavy atom. The van der Waals surface area contributed by atoms with Gasteiger partial charge in [0, 0.05) is 21.8 Å². The summed E-state index contributed by atoms with van der Waals surface area (Å²) in [6, 6.07) is 1.93. The zero-order chi connectivity index (χ0) is 11.6. The Kier molecular flexibility index (Phi) is 3.68. The number of aromatic nitrogens is 2. The number of hydrogen-bond acceptors (Lipinski definition) is 6. The summed E-state index contributed by atoms with van der Waals surface area (Å²) < 4.78 is 21.5. The fraction of sp³-hybridized carbons (Fsp3) is 0.250. The van der Waals surface area contributed by atoms with E-state index in [4.69, 9.17) is 10.7 Å².